The maximum atomic E-state index is 13.0. The number of aryl methyl sites for hydroxylation is 1. The monoisotopic (exact) mass is 452 g/mol. The first kappa shape index (κ1) is 19.4. The summed E-state index contributed by atoms with van der Waals surface area (Å²) in [6.07, 6.45) is 0.229. The molecule has 1 fully saturated rings. The third-order valence-electron chi connectivity index (χ3n) is 4.18. The maximum absolute atomic E-state index is 13.0. The molecule has 0 spiro atoms. The molecule has 2 aromatic rings. The van der Waals surface area contributed by atoms with E-state index in [4.69, 9.17) is 4.74 Å². The number of halogens is 1. The predicted molar refractivity (Wildman–Crippen MR) is 104 cm³/mol. The van der Waals surface area contributed by atoms with Crippen molar-refractivity contribution in [3.8, 4) is 5.75 Å². The number of ether oxygens (including phenoxy) is 1. The van der Waals surface area contributed by atoms with Gasteiger partial charge in [-0.05, 0) is 48.9 Å². The van der Waals surface area contributed by atoms with Crippen LogP contribution in [0.5, 0.6) is 5.75 Å². The van der Waals surface area contributed by atoms with Gasteiger partial charge in [-0.1, -0.05) is 15.9 Å². The highest BCUT2D eigenvalue weighted by molar-refractivity contribution is 9.10. The zero-order valence-corrected chi connectivity index (χ0v) is 17.1. The molecule has 0 aromatic heterocycles. The standard InChI is InChI=1S/C18H17BrN2O5S/c1-11-9-12(19)3-5-14(11)20-27(24,25)16-10-13(4-6-15(16)26-2)21-17(22)7-8-18(21)23/h3-6,9-10,20H,7-8H2,1-2H3. The van der Waals surface area contributed by atoms with E-state index in [1.165, 1.54) is 25.3 Å². The molecule has 1 N–H and O–H groups in total. The second kappa shape index (κ2) is 7.32. The molecule has 3 rings (SSSR count). The molecule has 0 aliphatic carbocycles. The van der Waals surface area contributed by atoms with Crippen LogP contribution in [0.2, 0.25) is 0 Å². The number of anilines is 2. The lowest BCUT2D eigenvalue weighted by atomic mass is 10.2. The van der Waals surface area contributed by atoms with Crippen LogP contribution in [0.4, 0.5) is 11.4 Å². The Morgan fingerprint density at radius 2 is 1.74 bits per heavy atom. The molecule has 0 bridgehead atoms. The summed E-state index contributed by atoms with van der Waals surface area (Å²) in [5.74, 6) is -0.601. The Morgan fingerprint density at radius 1 is 1.07 bits per heavy atom. The summed E-state index contributed by atoms with van der Waals surface area (Å²) in [6, 6.07) is 9.34. The molecule has 1 aliphatic heterocycles. The summed E-state index contributed by atoms with van der Waals surface area (Å²) in [6.45, 7) is 1.78. The van der Waals surface area contributed by atoms with Gasteiger partial charge in [-0.2, -0.15) is 0 Å². The van der Waals surface area contributed by atoms with E-state index in [1.54, 1.807) is 25.1 Å². The molecule has 1 aliphatic rings. The van der Waals surface area contributed by atoms with Crippen LogP contribution < -0.4 is 14.4 Å². The van der Waals surface area contributed by atoms with Crippen LogP contribution >= 0.6 is 15.9 Å². The summed E-state index contributed by atoms with van der Waals surface area (Å²) < 4.78 is 34.4. The van der Waals surface area contributed by atoms with Crippen LogP contribution in [0.1, 0.15) is 18.4 Å². The van der Waals surface area contributed by atoms with Crippen LogP contribution in [0.3, 0.4) is 0 Å². The fraction of sp³-hybridized carbons (Fsp3) is 0.222. The minimum absolute atomic E-state index is 0.111. The van der Waals surface area contributed by atoms with Gasteiger partial charge in [0, 0.05) is 17.3 Å². The van der Waals surface area contributed by atoms with Crippen molar-refractivity contribution < 1.29 is 22.7 Å². The van der Waals surface area contributed by atoms with Gasteiger partial charge in [-0.15, -0.1) is 0 Å². The largest absolute Gasteiger partial charge is 0.495 e. The Morgan fingerprint density at radius 3 is 2.33 bits per heavy atom. The number of imide groups is 1. The molecule has 0 radical (unpaired) electrons. The average Bonchev–Trinajstić information content (AvgIpc) is 2.95. The highest BCUT2D eigenvalue weighted by Gasteiger charge is 2.32. The van der Waals surface area contributed by atoms with Crippen molar-refractivity contribution in [2.75, 3.05) is 16.7 Å². The SMILES string of the molecule is COc1ccc(N2C(=O)CCC2=O)cc1S(=O)(=O)Nc1ccc(Br)cc1C. The van der Waals surface area contributed by atoms with Crippen molar-refractivity contribution in [3.05, 3.63) is 46.4 Å². The Kier molecular flexibility index (Phi) is 5.25. The number of hydrogen-bond donors (Lipinski definition) is 1. The third-order valence-corrected chi connectivity index (χ3v) is 6.06. The van der Waals surface area contributed by atoms with E-state index in [-0.39, 0.29) is 41.0 Å². The van der Waals surface area contributed by atoms with Crippen molar-refractivity contribution in [1.82, 2.24) is 0 Å². The number of nitrogens with one attached hydrogen (secondary N) is 1. The summed E-state index contributed by atoms with van der Waals surface area (Å²) >= 11 is 3.34. The summed E-state index contributed by atoms with van der Waals surface area (Å²) in [4.78, 5) is 24.8. The van der Waals surface area contributed by atoms with E-state index >= 15 is 0 Å². The van der Waals surface area contributed by atoms with Crippen LogP contribution in [-0.2, 0) is 19.6 Å². The molecule has 7 nitrogen and oxygen atoms in total. The number of amides is 2. The van der Waals surface area contributed by atoms with Gasteiger partial charge in [0.25, 0.3) is 10.0 Å². The Balaban J connectivity index is 2.04. The molecule has 1 heterocycles. The lowest BCUT2D eigenvalue weighted by molar-refractivity contribution is -0.121. The molecule has 2 amide bonds. The van der Waals surface area contributed by atoms with Gasteiger partial charge in [0.1, 0.15) is 10.6 Å². The van der Waals surface area contributed by atoms with Gasteiger partial charge in [-0.3, -0.25) is 19.2 Å². The molecular formula is C18H17BrN2O5S. The molecule has 0 unspecified atom stereocenters. The Labute approximate surface area is 165 Å². The average molecular weight is 453 g/mol. The molecule has 0 saturated carbocycles. The van der Waals surface area contributed by atoms with Gasteiger partial charge < -0.3 is 4.74 Å². The van der Waals surface area contributed by atoms with Gasteiger partial charge in [0.15, 0.2) is 0 Å². The lowest BCUT2D eigenvalue weighted by Crippen LogP contribution is -2.28. The van der Waals surface area contributed by atoms with E-state index < -0.39 is 10.0 Å². The fourth-order valence-electron chi connectivity index (χ4n) is 2.82. The highest BCUT2D eigenvalue weighted by atomic mass is 79.9. The first-order valence-electron chi connectivity index (χ1n) is 8.06. The number of nitrogens with zero attached hydrogens (tertiary/aromatic N) is 1. The number of hydrogen-bond acceptors (Lipinski definition) is 5. The number of benzene rings is 2. The van der Waals surface area contributed by atoms with E-state index in [0.29, 0.717) is 5.69 Å². The lowest BCUT2D eigenvalue weighted by Gasteiger charge is -2.18. The van der Waals surface area contributed by atoms with Crippen LogP contribution in [0, 0.1) is 6.92 Å². The molecule has 1 saturated heterocycles. The van der Waals surface area contributed by atoms with Crippen molar-refractivity contribution in [2.45, 2.75) is 24.7 Å². The Bertz CT molecular complexity index is 1020. The van der Waals surface area contributed by atoms with Gasteiger partial charge in [-0.25, -0.2) is 8.42 Å². The summed E-state index contributed by atoms with van der Waals surface area (Å²) in [5, 5.41) is 0. The Hall–Kier alpha value is -2.39. The van der Waals surface area contributed by atoms with Crippen molar-refractivity contribution in [1.29, 1.82) is 0 Å². The predicted octanol–water partition coefficient (Wildman–Crippen LogP) is 3.22. The van der Waals surface area contributed by atoms with Crippen LogP contribution in [0.25, 0.3) is 0 Å². The zero-order chi connectivity index (χ0) is 19.8. The molecule has 9 heteroatoms. The third kappa shape index (κ3) is 3.84. The van der Waals surface area contributed by atoms with Gasteiger partial charge in [0.05, 0.1) is 18.5 Å². The number of methoxy groups -OCH3 is 1. The number of rotatable bonds is 5. The van der Waals surface area contributed by atoms with Crippen molar-refractivity contribution >= 4 is 49.1 Å². The molecule has 142 valence electrons. The van der Waals surface area contributed by atoms with E-state index in [0.717, 1.165) is 14.9 Å². The fourth-order valence-corrected chi connectivity index (χ4v) is 4.62. The summed E-state index contributed by atoms with van der Waals surface area (Å²) in [7, 11) is -2.67. The molecule has 0 atom stereocenters. The number of carbonyl (C=O) groups is 2. The highest BCUT2D eigenvalue weighted by Crippen LogP contribution is 2.33. The number of sulfonamides is 1. The second-order valence-electron chi connectivity index (χ2n) is 6.02. The van der Waals surface area contributed by atoms with Crippen molar-refractivity contribution in [3.63, 3.8) is 0 Å². The molecular weight excluding hydrogens is 436 g/mol. The van der Waals surface area contributed by atoms with Crippen molar-refractivity contribution in [2.24, 2.45) is 0 Å². The van der Waals surface area contributed by atoms with E-state index in [2.05, 4.69) is 20.7 Å². The number of carbonyl (C=O) groups excluding carboxylic acids is 2. The maximum Gasteiger partial charge on any atom is 0.265 e. The van der Waals surface area contributed by atoms with E-state index in [9.17, 15) is 18.0 Å². The van der Waals surface area contributed by atoms with Gasteiger partial charge >= 0.3 is 0 Å². The minimum Gasteiger partial charge on any atom is -0.495 e. The topological polar surface area (TPSA) is 92.8 Å². The molecule has 2 aromatic carbocycles. The first-order valence-corrected chi connectivity index (χ1v) is 10.3. The van der Waals surface area contributed by atoms with E-state index in [1.807, 2.05) is 0 Å². The second-order valence-corrected chi connectivity index (χ2v) is 8.59. The zero-order valence-electron chi connectivity index (χ0n) is 14.7. The first-order chi connectivity index (χ1) is 12.7. The smallest absolute Gasteiger partial charge is 0.265 e. The normalized spacial score (nSPS) is 14.6. The van der Waals surface area contributed by atoms with Gasteiger partial charge in [0.2, 0.25) is 11.8 Å². The summed E-state index contributed by atoms with van der Waals surface area (Å²) in [5.41, 5.74) is 1.35. The molecule has 27 heavy (non-hydrogen) atoms. The van der Waals surface area contributed by atoms with Crippen LogP contribution in [-0.4, -0.2) is 27.3 Å². The quantitative estimate of drug-likeness (QED) is 0.702. The minimum atomic E-state index is -4.02. The van der Waals surface area contributed by atoms with Crippen LogP contribution in [0.15, 0.2) is 45.8 Å².